The van der Waals surface area contributed by atoms with Crippen molar-refractivity contribution in [1.29, 1.82) is 0 Å². The van der Waals surface area contributed by atoms with Gasteiger partial charge in [0, 0.05) is 7.05 Å². The summed E-state index contributed by atoms with van der Waals surface area (Å²) in [5.41, 5.74) is 4.23. The fourth-order valence-electron chi connectivity index (χ4n) is 2.88. The van der Waals surface area contributed by atoms with E-state index in [-0.39, 0.29) is 6.10 Å². The molecule has 0 saturated heterocycles. The van der Waals surface area contributed by atoms with Gasteiger partial charge in [-0.25, -0.2) is 0 Å². The molecule has 1 unspecified atom stereocenters. The molecule has 106 valence electrons. The SMILES string of the molecule is Cc1cc(COc2cccc3c2CCCC3O)n(C)n1. The minimum absolute atomic E-state index is 0.346. The zero-order chi connectivity index (χ0) is 14.1. The number of benzene rings is 1. The van der Waals surface area contributed by atoms with Gasteiger partial charge in [0.2, 0.25) is 0 Å². The van der Waals surface area contributed by atoms with E-state index in [4.69, 9.17) is 4.74 Å². The summed E-state index contributed by atoms with van der Waals surface area (Å²) >= 11 is 0. The van der Waals surface area contributed by atoms with Crippen LogP contribution in [0.4, 0.5) is 0 Å². The van der Waals surface area contributed by atoms with Crippen LogP contribution in [0.3, 0.4) is 0 Å². The molecule has 20 heavy (non-hydrogen) atoms. The predicted octanol–water partition coefficient (Wildman–Crippen LogP) is 2.68. The Labute approximate surface area is 119 Å². The van der Waals surface area contributed by atoms with Crippen LogP contribution in [0.2, 0.25) is 0 Å². The molecule has 0 aliphatic heterocycles. The summed E-state index contributed by atoms with van der Waals surface area (Å²) < 4.78 is 7.81. The van der Waals surface area contributed by atoms with Crippen molar-refractivity contribution in [3.05, 3.63) is 46.8 Å². The van der Waals surface area contributed by atoms with Crippen LogP contribution < -0.4 is 4.74 Å². The molecule has 0 spiro atoms. The van der Waals surface area contributed by atoms with E-state index in [0.717, 1.165) is 47.5 Å². The highest BCUT2D eigenvalue weighted by molar-refractivity contribution is 5.42. The minimum atomic E-state index is -0.346. The minimum Gasteiger partial charge on any atom is -0.487 e. The smallest absolute Gasteiger partial charge is 0.130 e. The second kappa shape index (κ2) is 5.29. The highest BCUT2D eigenvalue weighted by atomic mass is 16.5. The molecule has 0 fully saturated rings. The third kappa shape index (κ3) is 2.43. The van der Waals surface area contributed by atoms with Gasteiger partial charge in [0.1, 0.15) is 12.4 Å². The van der Waals surface area contributed by atoms with E-state index in [0.29, 0.717) is 6.61 Å². The van der Waals surface area contributed by atoms with Crippen molar-refractivity contribution < 1.29 is 9.84 Å². The maximum atomic E-state index is 10.0. The van der Waals surface area contributed by atoms with Crippen molar-refractivity contribution >= 4 is 0 Å². The van der Waals surface area contributed by atoms with E-state index in [1.165, 1.54) is 0 Å². The maximum absolute atomic E-state index is 10.0. The Bertz CT molecular complexity index is 619. The summed E-state index contributed by atoms with van der Waals surface area (Å²) in [7, 11) is 1.93. The second-order valence-electron chi connectivity index (χ2n) is 5.42. The Kier molecular flexibility index (Phi) is 3.49. The number of nitrogens with zero attached hydrogens (tertiary/aromatic N) is 2. The molecule has 1 aromatic heterocycles. The number of rotatable bonds is 3. The number of aliphatic hydroxyl groups is 1. The molecule has 1 aliphatic carbocycles. The van der Waals surface area contributed by atoms with Gasteiger partial charge in [-0.15, -0.1) is 0 Å². The molecule has 2 aromatic rings. The summed E-state index contributed by atoms with van der Waals surface area (Å²) in [6.07, 6.45) is 2.49. The van der Waals surface area contributed by atoms with E-state index in [1.807, 2.05) is 42.9 Å². The molecule has 1 atom stereocenters. The number of aryl methyl sites for hydroxylation is 2. The third-order valence-corrected chi connectivity index (χ3v) is 3.91. The standard InChI is InChI=1S/C16H20N2O2/c1-11-9-12(18(2)17-11)10-20-16-8-4-5-13-14(16)6-3-7-15(13)19/h4-5,8-9,15,19H,3,6-7,10H2,1-2H3. The van der Waals surface area contributed by atoms with Gasteiger partial charge in [-0.05, 0) is 49.4 Å². The van der Waals surface area contributed by atoms with E-state index in [1.54, 1.807) is 0 Å². The van der Waals surface area contributed by atoms with Crippen molar-refractivity contribution in [2.45, 2.75) is 38.9 Å². The number of ether oxygens (including phenoxy) is 1. The monoisotopic (exact) mass is 272 g/mol. The van der Waals surface area contributed by atoms with Gasteiger partial charge in [-0.2, -0.15) is 5.10 Å². The van der Waals surface area contributed by atoms with Crippen molar-refractivity contribution in [2.75, 3.05) is 0 Å². The average Bonchev–Trinajstić information content (AvgIpc) is 2.75. The molecular weight excluding hydrogens is 252 g/mol. The number of hydrogen-bond donors (Lipinski definition) is 1. The van der Waals surface area contributed by atoms with Gasteiger partial charge in [-0.1, -0.05) is 12.1 Å². The number of fused-ring (bicyclic) bond motifs is 1. The van der Waals surface area contributed by atoms with E-state index in [2.05, 4.69) is 5.10 Å². The topological polar surface area (TPSA) is 47.3 Å². The van der Waals surface area contributed by atoms with Crippen molar-refractivity contribution in [2.24, 2.45) is 7.05 Å². The Balaban J connectivity index is 1.81. The van der Waals surface area contributed by atoms with Crippen LogP contribution in [-0.4, -0.2) is 14.9 Å². The first-order valence-electron chi connectivity index (χ1n) is 7.07. The first kappa shape index (κ1) is 13.2. The maximum Gasteiger partial charge on any atom is 0.130 e. The van der Waals surface area contributed by atoms with Crippen molar-refractivity contribution in [3.8, 4) is 5.75 Å². The predicted molar refractivity (Wildman–Crippen MR) is 76.6 cm³/mol. The average molecular weight is 272 g/mol. The number of hydrogen-bond acceptors (Lipinski definition) is 3. The molecule has 0 radical (unpaired) electrons. The van der Waals surface area contributed by atoms with E-state index >= 15 is 0 Å². The largest absolute Gasteiger partial charge is 0.487 e. The molecule has 1 aromatic carbocycles. The third-order valence-electron chi connectivity index (χ3n) is 3.91. The van der Waals surface area contributed by atoms with Crippen LogP contribution >= 0.6 is 0 Å². The Morgan fingerprint density at radius 1 is 1.45 bits per heavy atom. The molecule has 1 N–H and O–H groups in total. The zero-order valence-corrected chi connectivity index (χ0v) is 12.0. The van der Waals surface area contributed by atoms with Gasteiger partial charge in [0.25, 0.3) is 0 Å². The Morgan fingerprint density at radius 2 is 2.30 bits per heavy atom. The molecule has 4 nitrogen and oxygen atoms in total. The van der Waals surface area contributed by atoms with Crippen molar-refractivity contribution in [3.63, 3.8) is 0 Å². The quantitative estimate of drug-likeness (QED) is 0.934. The van der Waals surface area contributed by atoms with Crippen LogP contribution in [0.1, 0.15) is 41.5 Å². The molecule has 0 bridgehead atoms. The van der Waals surface area contributed by atoms with E-state index in [9.17, 15) is 5.11 Å². The molecule has 1 aliphatic rings. The highest BCUT2D eigenvalue weighted by Gasteiger charge is 2.20. The summed E-state index contributed by atoms with van der Waals surface area (Å²) in [5.74, 6) is 0.889. The van der Waals surface area contributed by atoms with Crippen molar-refractivity contribution in [1.82, 2.24) is 9.78 Å². The van der Waals surface area contributed by atoms with Gasteiger partial charge in [0.15, 0.2) is 0 Å². The zero-order valence-electron chi connectivity index (χ0n) is 12.0. The molecule has 4 heteroatoms. The van der Waals surface area contributed by atoms with Crippen LogP contribution in [-0.2, 0) is 20.1 Å². The lowest BCUT2D eigenvalue weighted by atomic mass is 9.89. The number of aliphatic hydroxyl groups excluding tert-OH is 1. The van der Waals surface area contributed by atoms with Crippen LogP contribution in [0.5, 0.6) is 5.75 Å². The van der Waals surface area contributed by atoms with Gasteiger partial charge < -0.3 is 9.84 Å². The molecular formula is C16H20N2O2. The molecule has 0 saturated carbocycles. The molecule has 3 rings (SSSR count). The lowest BCUT2D eigenvalue weighted by Crippen LogP contribution is -2.11. The Morgan fingerprint density at radius 3 is 3.05 bits per heavy atom. The van der Waals surface area contributed by atoms with Gasteiger partial charge >= 0.3 is 0 Å². The highest BCUT2D eigenvalue weighted by Crippen LogP contribution is 2.35. The fourth-order valence-corrected chi connectivity index (χ4v) is 2.88. The Hall–Kier alpha value is -1.81. The summed E-state index contributed by atoms with van der Waals surface area (Å²) in [6.45, 7) is 2.48. The van der Waals surface area contributed by atoms with Crippen LogP contribution in [0.25, 0.3) is 0 Å². The number of aromatic nitrogens is 2. The first-order valence-corrected chi connectivity index (χ1v) is 7.07. The van der Waals surface area contributed by atoms with Crippen LogP contribution in [0, 0.1) is 6.92 Å². The summed E-state index contributed by atoms with van der Waals surface area (Å²) in [5, 5.41) is 14.4. The lowest BCUT2D eigenvalue weighted by molar-refractivity contribution is 0.155. The normalized spacial score (nSPS) is 17.9. The first-order chi connectivity index (χ1) is 9.65. The molecule has 1 heterocycles. The van der Waals surface area contributed by atoms with Gasteiger partial charge in [0.05, 0.1) is 17.5 Å². The van der Waals surface area contributed by atoms with E-state index < -0.39 is 0 Å². The van der Waals surface area contributed by atoms with Gasteiger partial charge in [-0.3, -0.25) is 4.68 Å². The lowest BCUT2D eigenvalue weighted by Gasteiger charge is -2.23. The fraction of sp³-hybridized carbons (Fsp3) is 0.438. The second-order valence-corrected chi connectivity index (χ2v) is 5.42. The van der Waals surface area contributed by atoms with Crippen LogP contribution in [0.15, 0.2) is 24.3 Å². The molecule has 0 amide bonds. The summed E-state index contributed by atoms with van der Waals surface area (Å²) in [6, 6.07) is 7.97. The summed E-state index contributed by atoms with van der Waals surface area (Å²) in [4.78, 5) is 0.